The predicted octanol–water partition coefficient (Wildman–Crippen LogP) is 3.49. The molecule has 0 radical (unpaired) electrons. The number of nitrogens with zero attached hydrogens (tertiary/aromatic N) is 1. The van der Waals surface area contributed by atoms with E-state index in [1.807, 2.05) is 24.0 Å². The second kappa shape index (κ2) is 5.87. The van der Waals surface area contributed by atoms with Gasteiger partial charge in [0.15, 0.2) is 0 Å². The van der Waals surface area contributed by atoms with E-state index in [1.165, 1.54) is 6.42 Å². The van der Waals surface area contributed by atoms with Crippen LogP contribution in [-0.2, 0) is 0 Å². The number of ether oxygens (including phenoxy) is 1. The first-order valence-corrected chi connectivity index (χ1v) is 7.71. The van der Waals surface area contributed by atoms with Crippen LogP contribution in [-0.4, -0.2) is 36.1 Å². The predicted molar refractivity (Wildman–Crippen MR) is 86.7 cm³/mol. The van der Waals surface area contributed by atoms with Gasteiger partial charge in [-0.15, -0.1) is 0 Å². The Balaban J connectivity index is 2.07. The van der Waals surface area contributed by atoms with E-state index in [9.17, 15) is 9.90 Å². The standard InChI is InChI=1S/C18H21NO3/c1-12-14-7-6-13(22-2)10-16(14)17(20)11-15(12)18(21)19-8-4-3-5-9-19/h6-7,10-11,20H,3-5,8-9H2,1-2H3. The van der Waals surface area contributed by atoms with E-state index in [1.54, 1.807) is 19.2 Å². The molecule has 1 N–H and O–H groups in total. The number of piperidine rings is 1. The highest BCUT2D eigenvalue weighted by Crippen LogP contribution is 2.33. The average Bonchev–Trinajstić information content (AvgIpc) is 2.57. The van der Waals surface area contributed by atoms with Crippen LogP contribution in [0.3, 0.4) is 0 Å². The summed E-state index contributed by atoms with van der Waals surface area (Å²) in [6.45, 7) is 3.55. The highest BCUT2D eigenvalue weighted by atomic mass is 16.5. The van der Waals surface area contributed by atoms with Crippen LogP contribution in [0.25, 0.3) is 10.8 Å². The fourth-order valence-corrected chi connectivity index (χ4v) is 3.15. The van der Waals surface area contributed by atoms with Crippen LogP contribution >= 0.6 is 0 Å². The molecule has 2 aromatic carbocycles. The van der Waals surface area contributed by atoms with E-state index in [0.29, 0.717) is 16.7 Å². The number of carbonyl (C=O) groups excluding carboxylic acids is 1. The van der Waals surface area contributed by atoms with Gasteiger partial charge >= 0.3 is 0 Å². The van der Waals surface area contributed by atoms with Crippen molar-refractivity contribution in [2.45, 2.75) is 26.2 Å². The van der Waals surface area contributed by atoms with Gasteiger partial charge in [0.05, 0.1) is 7.11 Å². The Bertz CT molecular complexity index is 718. The number of aromatic hydroxyl groups is 1. The Morgan fingerprint density at radius 2 is 1.86 bits per heavy atom. The first-order valence-electron chi connectivity index (χ1n) is 7.71. The van der Waals surface area contributed by atoms with Gasteiger partial charge in [-0.1, -0.05) is 6.07 Å². The topological polar surface area (TPSA) is 49.8 Å². The zero-order chi connectivity index (χ0) is 15.7. The normalized spacial score (nSPS) is 15.1. The van der Waals surface area contributed by atoms with Crippen LogP contribution in [0.1, 0.15) is 35.2 Å². The number of hydrogen-bond acceptors (Lipinski definition) is 3. The number of fused-ring (bicyclic) bond motifs is 1. The summed E-state index contributed by atoms with van der Waals surface area (Å²) in [6, 6.07) is 7.14. The van der Waals surface area contributed by atoms with Crippen molar-refractivity contribution in [3.05, 3.63) is 35.4 Å². The Kier molecular flexibility index (Phi) is 3.92. The van der Waals surface area contributed by atoms with Crippen LogP contribution in [0.15, 0.2) is 24.3 Å². The van der Waals surface area contributed by atoms with Crippen molar-refractivity contribution >= 4 is 16.7 Å². The molecule has 4 nitrogen and oxygen atoms in total. The zero-order valence-electron chi connectivity index (χ0n) is 13.1. The molecule has 1 saturated heterocycles. The Labute approximate surface area is 130 Å². The van der Waals surface area contributed by atoms with E-state index in [4.69, 9.17) is 4.74 Å². The molecule has 1 fully saturated rings. The van der Waals surface area contributed by atoms with Crippen LogP contribution in [0.4, 0.5) is 0 Å². The Morgan fingerprint density at radius 3 is 2.55 bits per heavy atom. The summed E-state index contributed by atoms with van der Waals surface area (Å²) in [5.74, 6) is 0.836. The van der Waals surface area contributed by atoms with Gasteiger partial charge in [-0.05, 0) is 55.3 Å². The molecule has 0 saturated carbocycles. The number of carbonyl (C=O) groups is 1. The number of phenols is 1. The maximum atomic E-state index is 12.7. The van der Waals surface area contributed by atoms with Gasteiger partial charge in [0.1, 0.15) is 11.5 Å². The molecule has 0 atom stereocenters. The Hall–Kier alpha value is -2.23. The highest BCUT2D eigenvalue weighted by molar-refractivity contribution is 6.03. The first-order chi connectivity index (χ1) is 10.6. The van der Waals surface area contributed by atoms with Crippen LogP contribution in [0.2, 0.25) is 0 Å². The second-order valence-corrected chi connectivity index (χ2v) is 5.83. The van der Waals surface area contributed by atoms with Gasteiger partial charge in [0.25, 0.3) is 5.91 Å². The van der Waals surface area contributed by atoms with Gasteiger partial charge in [0.2, 0.25) is 0 Å². The third kappa shape index (κ3) is 2.49. The fraction of sp³-hybridized carbons (Fsp3) is 0.389. The molecule has 3 rings (SSSR count). The maximum Gasteiger partial charge on any atom is 0.254 e. The van der Waals surface area contributed by atoms with Crippen molar-refractivity contribution in [2.24, 2.45) is 0 Å². The van der Waals surface area contributed by atoms with E-state index >= 15 is 0 Å². The second-order valence-electron chi connectivity index (χ2n) is 5.83. The van der Waals surface area contributed by atoms with E-state index in [-0.39, 0.29) is 11.7 Å². The van der Waals surface area contributed by atoms with Gasteiger partial charge in [-0.25, -0.2) is 0 Å². The summed E-state index contributed by atoms with van der Waals surface area (Å²) in [5.41, 5.74) is 1.50. The molecule has 1 aliphatic heterocycles. The summed E-state index contributed by atoms with van der Waals surface area (Å²) in [7, 11) is 1.60. The van der Waals surface area contributed by atoms with E-state index in [2.05, 4.69) is 0 Å². The lowest BCUT2D eigenvalue weighted by Crippen LogP contribution is -2.35. The SMILES string of the molecule is COc1ccc2c(C)c(C(=O)N3CCCCC3)cc(O)c2c1. The van der Waals surface area contributed by atoms with Crippen molar-refractivity contribution in [3.8, 4) is 11.5 Å². The maximum absolute atomic E-state index is 12.7. The number of rotatable bonds is 2. The molecule has 1 heterocycles. The van der Waals surface area contributed by atoms with Crippen LogP contribution in [0.5, 0.6) is 11.5 Å². The number of amides is 1. The fourth-order valence-electron chi connectivity index (χ4n) is 3.15. The molecule has 0 aromatic heterocycles. The molecule has 116 valence electrons. The smallest absolute Gasteiger partial charge is 0.254 e. The summed E-state index contributed by atoms with van der Waals surface area (Å²) in [5, 5.41) is 11.9. The Morgan fingerprint density at radius 1 is 1.14 bits per heavy atom. The monoisotopic (exact) mass is 299 g/mol. The third-order valence-electron chi connectivity index (χ3n) is 4.47. The van der Waals surface area contributed by atoms with Crippen molar-refractivity contribution in [3.63, 3.8) is 0 Å². The molecule has 2 aromatic rings. The van der Waals surface area contributed by atoms with Crippen molar-refractivity contribution in [2.75, 3.05) is 20.2 Å². The number of hydrogen-bond donors (Lipinski definition) is 1. The third-order valence-corrected chi connectivity index (χ3v) is 4.47. The molecule has 1 aliphatic rings. The summed E-state index contributed by atoms with van der Waals surface area (Å²) in [4.78, 5) is 14.6. The van der Waals surface area contributed by atoms with Crippen LogP contribution < -0.4 is 4.74 Å². The molecule has 0 aliphatic carbocycles. The minimum absolute atomic E-state index is 0.0187. The minimum Gasteiger partial charge on any atom is -0.507 e. The van der Waals surface area contributed by atoms with Crippen molar-refractivity contribution in [1.82, 2.24) is 4.90 Å². The lowest BCUT2D eigenvalue weighted by Gasteiger charge is -2.27. The van der Waals surface area contributed by atoms with Crippen LogP contribution in [0, 0.1) is 6.92 Å². The summed E-state index contributed by atoms with van der Waals surface area (Å²) < 4.78 is 5.20. The number of aryl methyl sites for hydroxylation is 1. The lowest BCUT2D eigenvalue weighted by molar-refractivity contribution is 0.0723. The van der Waals surface area contributed by atoms with Crippen molar-refractivity contribution in [1.29, 1.82) is 0 Å². The van der Waals surface area contributed by atoms with E-state index in [0.717, 1.165) is 36.9 Å². The number of likely N-dealkylation sites (tertiary alicyclic amines) is 1. The summed E-state index contributed by atoms with van der Waals surface area (Å²) >= 11 is 0. The molecular weight excluding hydrogens is 278 g/mol. The molecule has 0 bridgehead atoms. The van der Waals surface area contributed by atoms with Gasteiger partial charge < -0.3 is 14.7 Å². The van der Waals surface area contributed by atoms with Gasteiger partial charge in [-0.3, -0.25) is 4.79 Å². The number of phenolic OH excluding ortho intramolecular Hbond substituents is 1. The lowest BCUT2D eigenvalue weighted by atomic mass is 9.97. The zero-order valence-corrected chi connectivity index (χ0v) is 13.1. The molecule has 0 spiro atoms. The molecule has 22 heavy (non-hydrogen) atoms. The highest BCUT2D eigenvalue weighted by Gasteiger charge is 2.22. The summed E-state index contributed by atoms with van der Waals surface area (Å²) in [6.07, 6.45) is 3.30. The molecule has 0 unspecified atom stereocenters. The largest absolute Gasteiger partial charge is 0.507 e. The van der Waals surface area contributed by atoms with Gasteiger partial charge in [0, 0.05) is 24.0 Å². The molecular formula is C18H21NO3. The van der Waals surface area contributed by atoms with Crippen molar-refractivity contribution < 1.29 is 14.6 Å². The molecule has 4 heteroatoms. The molecule has 1 amide bonds. The quantitative estimate of drug-likeness (QED) is 0.923. The number of benzene rings is 2. The first kappa shape index (κ1) is 14.7. The van der Waals surface area contributed by atoms with E-state index < -0.39 is 0 Å². The van der Waals surface area contributed by atoms with Gasteiger partial charge in [-0.2, -0.15) is 0 Å². The average molecular weight is 299 g/mol. The minimum atomic E-state index is 0.0187. The number of methoxy groups -OCH3 is 1.